The van der Waals surface area contributed by atoms with Gasteiger partial charge in [-0.3, -0.25) is 9.59 Å². The van der Waals surface area contributed by atoms with E-state index in [1.807, 2.05) is 13.8 Å². The SMILES string of the molecule is CCCC(C)CC(CNC(=O)C(N)C(C)CC)CC(=O)O. The summed E-state index contributed by atoms with van der Waals surface area (Å²) < 4.78 is 0. The number of hydrogen-bond acceptors (Lipinski definition) is 3. The molecule has 0 aliphatic carbocycles. The van der Waals surface area contributed by atoms with E-state index in [1.165, 1.54) is 0 Å². The standard InChI is InChI=1S/C16H32N2O3/c1-5-7-11(3)8-13(9-14(19)20)10-18-16(21)15(17)12(4)6-2/h11-13,15H,5-10,17H2,1-4H3,(H,18,21)(H,19,20). The number of carbonyl (C=O) groups excluding carboxylic acids is 1. The molecule has 4 unspecified atom stereocenters. The first-order valence-corrected chi connectivity index (χ1v) is 8.06. The molecule has 124 valence electrons. The molecule has 21 heavy (non-hydrogen) atoms. The Morgan fingerprint density at radius 1 is 1.24 bits per heavy atom. The van der Waals surface area contributed by atoms with Crippen LogP contribution in [0.5, 0.6) is 0 Å². The van der Waals surface area contributed by atoms with Crippen LogP contribution in [0.2, 0.25) is 0 Å². The summed E-state index contributed by atoms with van der Waals surface area (Å²) in [4.78, 5) is 22.9. The zero-order valence-electron chi connectivity index (χ0n) is 13.9. The second kappa shape index (κ2) is 10.6. The summed E-state index contributed by atoms with van der Waals surface area (Å²) in [5.74, 6) is -0.425. The van der Waals surface area contributed by atoms with Gasteiger partial charge in [-0.2, -0.15) is 0 Å². The van der Waals surface area contributed by atoms with Crippen molar-refractivity contribution in [2.45, 2.75) is 65.8 Å². The van der Waals surface area contributed by atoms with Gasteiger partial charge in [-0.05, 0) is 24.2 Å². The number of carboxylic acids is 1. The molecule has 0 aliphatic rings. The van der Waals surface area contributed by atoms with Gasteiger partial charge in [0.1, 0.15) is 0 Å². The molecule has 0 heterocycles. The second-order valence-corrected chi connectivity index (χ2v) is 6.25. The quantitative estimate of drug-likeness (QED) is 0.546. The lowest BCUT2D eigenvalue weighted by atomic mass is 9.90. The monoisotopic (exact) mass is 300 g/mol. The highest BCUT2D eigenvalue weighted by atomic mass is 16.4. The topological polar surface area (TPSA) is 92.4 Å². The van der Waals surface area contributed by atoms with Gasteiger partial charge in [0.05, 0.1) is 6.04 Å². The van der Waals surface area contributed by atoms with Crippen molar-refractivity contribution in [3.05, 3.63) is 0 Å². The van der Waals surface area contributed by atoms with Crippen LogP contribution in [0.15, 0.2) is 0 Å². The first-order chi connectivity index (χ1) is 9.81. The number of nitrogens with two attached hydrogens (primary N) is 1. The van der Waals surface area contributed by atoms with Crippen LogP contribution in [0.1, 0.15) is 59.8 Å². The maximum Gasteiger partial charge on any atom is 0.303 e. The number of aliphatic carboxylic acids is 1. The van der Waals surface area contributed by atoms with Crippen molar-refractivity contribution < 1.29 is 14.7 Å². The Hall–Kier alpha value is -1.10. The number of carboxylic acid groups (broad SMARTS) is 1. The van der Waals surface area contributed by atoms with Crippen LogP contribution in [-0.2, 0) is 9.59 Å². The van der Waals surface area contributed by atoms with Crippen molar-refractivity contribution in [3.63, 3.8) is 0 Å². The molecule has 0 bridgehead atoms. The maximum absolute atomic E-state index is 12.0. The first kappa shape index (κ1) is 19.9. The van der Waals surface area contributed by atoms with E-state index in [0.717, 1.165) is 25.7 Å². The third-order valence-electron chi connectivity index (χ3n) is 4.11. The van der Waals surface area contributed by atoms with E-state index in [4.69, 9.17) is 10.8 Å². The average Bonchev–Trinajstić information content (AvgIpc) is 2.42. The molecule has 0 aromatic carbocycles. The molecule has 0 aromatic heterocycles. The molecule has 0 aromatic rings. The number of nitrogens with one attached hydrogen (secondary N) is 1. The summed E-state index contributed by atoms with van der Waals surface area (Å²) in [7, 11) is 0. The molecule has 5 nitrogen and oxygen atoms in total. The molecule has 0 saturated heterocycles. The van der Waals surface area contributed by atoms with Gasteiger partial charge < -0.3 is 16.2 Å². The minimum atomic E-state index is -0.816. The number of amides is 1. The predicted octanol–water partition coefficient (Wildman–Crippen LogP) is 2.39. The Morgan fingerprint density at radius 2 is 1.86 bits per heavy atom. The molecule has 4 atom stereocenters. The van der Waals surface area contributed by atoms with E-state index in [-0.39, 0.29) is 24.2 Å². The molecule has 0 rings (SSSR count). The Morgan fingerprint density at radius 3 is 2.33 bits per heavy atom. The van der Waals surface area contributed by atoms with Crippen LogP contribution in [-0.4, -0.2) is 29.6 Å². The molecule has 0 fully saturated rings. The zero-order valence-corrected chi connectivity index (χ0v) is 13.9. The number of rotatable bonds is 11. The van der Waals surface area contributed by atoms with Crippen molar-refractivity contribution in [1.29, 1.82) is 0 Å². The number of carbonyl (C=O) groups is 2. The lowest BCUT2D eigenvalue weighted by molar-refractivity contribution is -0.138. The fourth-order valence-electron chi connectivity index (χ4n) is 2.54. The van der Waals surface area contributed by atoms with E-state index < -0.39 is 12.0 Å². The highest BCUT2D eigenvalue weighted by Gasteiger charge is 2.22. The molecular weight excluding hydrogens is 268 g/mol. The summed E-state index contributed by atoms with van der Waals surface area (Å²) in [6, 6.07) is -0.520. The minimum absolute atomic E-state index is 0.0304. The van der Waals surface area contributed by atoms with Gasteiger partial charge in [-0.15, -0.1) is 0 Å². The van der Waals surface area contributed by atoms with Gasteiger partial charge in [0.25, 0.3) is 0 Å². The smallest absolute Gasteiger partial charge is 0.303 e. The van der Waals surface area contributed by atoms with Crippen molar-refractivity contribution in [3.8, 4) is 0 Å². The largest absolute Gasteiger partial charge is 0.481 e. The van der Waals surface area contributed by atoms with Gasteiger partial charge in [0.2, 0.25) is 5.91 Å². The molecule has 0 aliphatic heterocycles. The lowest BCUT2D eigenvalue weighted by Crippen LogP contribution is -2.46. The maximum atomic E-state index is 12.0. The third-order valence-corrected chi connectivity index (χ3v) is 4.11. The number of hydrogen-bond donors (Lipinski definition) is 3. The molecular formula is C16H32N2O3. The normalized spacial score (nSPS) is 16.8. The van der Waals surface area contributed by atoms with Crippen LogP contribution in [0.3, 0.4) is 0 Å². The van der Waals surface area contributed by atoms with Crippen molar-refractivity contribution >= 4 is 11.9 Å². The molecule has 4 N–H and O–H groups in total. The Labute approximate surface area is 128 Å². The van der Waals surface area contributed by atoms with Crippen LogP contribution in [0.4, 0.5) is 0 Å². The van der Waals surface area contributed by atoms with Crippen molar-refractivity contribution in [2.24, 2.45) is 23.5 Å². The molecule has 5 heteroatoms. The fourth-order valence-corrected chi connectivity index (χ4v) is 2.54. The summed E-state index contributed by atoms with van der Waals surface area (Å²) in [6.07, 6.45) is 3.93. The van der Waals surface area contributed by atoms with Gasteiger partial charge in [-0.25, -0.2) is 0 Å². The molecule has 1 amide bonds. The summed E-state index contributed by atoms with van der Waals surface area (Å²) >= 11 is 0. The minimum Gasteiger partial charge on any atom is -0.481 e. The van der Waals surface area contributed by atoms with Crippen LogP contribution >= 0.6 is 0 Å². The van der Waals surface area contributed by atoms with Crippen molar-refractivity contribution in [1.82, 2.24) is 5.32 Å². The Bertz CT molecular complexity index is 321. The highest BCUT2D eigenvalue weighted by Crippen LogP contribution is 2.19. The van der Waals surface area contributed by atoms with Gasteiger partial charge in [-0.1, -0.05) is 47.0 Å². The first-order valence-electron chi connectivity index (χ1n) is 8.06. The van der Waals surface area contributed by atoms with Crippen LogP contribution in [0, 0.1) is 17.8 Å². The van der Waals surface area contributed by atoms with E-state index >= 15 is 0 Å². The predicted molar refractivity (Wildman–Crippen MR) is 84.9 cm³/mol. The second-order valence-electron chi connectivity index (χ2n) is 6.25. The van der Waals surface area contributed by atoms with Crippen molar-refractivity contribution in [2.75, 3.05) is 6.54 Å². The van der Waals surface area contributed by atoms with E-state index in [0.29, 0.717) is 12.5 Å². The molecule has 0 spiro atoms. The van der Waals surface area contributed by atoms with E-state index in [1.54, 1.807) is 0 Å². The molecule has 0 radical (unpaired) electrons. The Kier molecular flexibility index (Phi) is 10.0. The van der Waals surface area contributed by atoms with Gasteiger partial charge >= 0.3 is 5.97 Å². The average molecular weight is 300 g/mol. The third kappa shape index (κ3) is 8.71. The highest BCUT2D eigenvalue weighted by molar-refractivity contribution is 5.81. The van der Waals surface area contributed by atoms with Crippen LogP contribution in [0.25, 0.3) is 0 Å². The van der Waals surface area contributed by atoms with E-state index in [2.05, 4.69) is 19.2 Å². The summed E-state index contributed by atoms with van der Waals surface area (Å²) in [5, 5.41) is 11.8. The Balaban J connectivity index is 4.40. The molecule has 0 saturated carbocycles. The zero-order chi connectivity index (χ0) is 16.4. The van der Waals surface area contributed by atoms with Gasteiger partial charge in [0, 0.05) is 13.0 Å². The fraction of sp³-hybridized carbons (Fsp3) is 0.875. The lowest BCUT2D eigenvalue weighted by Gasteiger charge is -2.22. The van der Waals surface area contributed by atoms with Gasteiger partial charge in [0.15, 0.2) is 0 Å². The van der Waals surface area contributed by atoms with Crippen LogP contribution < -0.4 is 11.1 Å². The summed E-state index contributed by atoms with van der Waals surface area (Å²) in [6.45, 7) is 8.59. The van der Waals surface area contributed by atoms with E-state index in [9.17, 15) is 9.59 Å². The summed E-state index contributed by atoms with van der Waals surface area (Å²) in [5.41, 5.74) is 5.88.